The lowest BCUT2D eigenvalue weighted by Gasteiger charge is -2.04. The van der Waals surface area contributed by atoms with Crippen LogP contribution in [0.1, 0.15) is 0 Å². The molecule has 0 unspecified atom stereocenters. The van der Waals surface area contributed by atoms with E-state index in [1.807, 2.05) is 0 Å². The van der Waals surface area contributed by atoms with E-state index in [1.165, 1.54) is 12.1 Å². The predicted octanol–water partition coefficient (Wildman–Crippen LogP) is 1.63. The summed E-state index contributed by atoms with van der Waals surface area (Å²) in [5.74, 6) is -0.336. The molecule has 15 heavy (non-hydrogen) atoms. The number of sulfonamides is 1. The van der Waals surface area contributed by atoms with Crippen LogP contribution in [-0.4, -0.2) is 8.42 Å². The van der Waals surface area contributed by atoms with Crippen molar-refractivity contribution in [2.24, 2.45) is 5.14 Å². The Labute approximate surface area is 87.0 Å². The van der Waals surface area contributed by atoms with Crippen molar-refractivity contribution >= 4 is 20.8 Å². The quantitative estimate of drug-likeness (QED) is 0.795. The number of fused-ring (bicyclic) bond motifs is 1. The third kappa shape index (κ3) is 1.67. The van der Waals surface area contributed by atoms with Crippen LogP contribution in [0.15, 0.2) is 41.3 Å². The number of rotatable bonds is 1. The van der Waals surface area contributed by atoms with Crippen molar-refractivity contribution in [3.63, 3.8) is 0 Å². The van der Waals surface area contributed by atoms with Crippen molar-refractivity contribution in [3.05, 3.63) is 36.4 Å². The van der Waals surface area contributed by atoms with E-state index in [0.29, 0.717) is 5.39 Å². The maximum Gasteiger partial charge on any atom is 0.238 e. The SMILES string of the molecule is NS(=O)(=O)c1cccc2cccc([O])c12. The first kappa shape index (κ1) is 9.95. The highest BCUT2D eigenvalue weighted by molar-refractivity contribution is 7.89. The lowest BCUT2D eigenvalue weighted by molar-refractivity contribution is 0.359. The van der Waals surface area contributed by atoms with Gasteiger partial charge in [0.25, 0.3) is 0 Å². The molecule has 2 N–H and O–H groups in total. The van der Waals surface area contributed by atoms with Crippen LogP contribution >= 0.6 is 0 Å². The highest BCUT2D eigenvalue weighted by Gasteiger charge is 2.15. The zero-order chi connectivity index (χ0) is 11.1. The van der Waals surface area contributed by atoms with E-state index in [0.717, 1.165) is 0 Å². The molecule has 0 heterocycles. The van der Waals surface area contributed by atoms with E-state index in [2.05, 4.69) is 0 Å². The molecule has 4 nitrogen and oxygen atoms in total. The number of nitrogens with two attached hydrogens (primary N) is 1. The summed E-state index contributed by atoms with van der Waals surface area (Å²) in [7, 11) is -3.85. The molecule has 0 saturated carbocycles. The fourth-order valence-corrected chi connectivity index (χ4v) is 2.28. The first-order chi connectivity index (χ1) is 7.00. The molecule has 2 rings (SSSR count). The maximum atomic E-state index is 11.5. The summed E-state index contributed by atoms with van der Waals surface area (Å²) in [4.78, 5) is -0.120. The van der Waals surface area contributed by atoms with Gasteiger partial charge in [-0.2, -0.15) is 0 Å². The number of hydrogen-bond donors (Lipinski definition) is 1. The summed E-state index contributed by atoms with van der Waals surface area (Å²) in [5, 5.41) is 17.3. The molecule has 0 amide bonds. The van der Waals surface area contributed by atoms with Gasteiger partial charge >= 0.3 is 0 Å². The number of primary sulfonamides is 1. The standard InChI is InChI=1S/C10H8NO3S/c11-15(13,14)9-6-2-4-7-3-1-5-8(12)10(7)9/h1-6H,(H2,11,13,14). The molecule has 2 aromatic carbocycles. The minimum atomic E-state index is -3.85. The molecule has 0 atom stereocenters. The van der Waals surface area contributed by atoms with Gasteiger partial charge in [0.2, 0.25) is 10.0 Å². The van der Waals surface area contributed by atoms with Gasteiger partial charge in [-0.1, -0.05) is 24.3 Å². The van der Waals surface area contributed by atoms with Crippen molar-refractivity contribution in [2.75, 3.05) is 0 Å². The average molecular weight is 222 g/mol. The second kappa shape index (κ2) is 3.22. The van der Waals surface area contributed by atoms with E-state index in [4.69, 9.17) is 5.14 Å². The Bertz CT molecular complexity index is 614. The lowest BCUT2D eigenvalue weighted by atomic mass is 10.1. The molecule has 0 aliphatic rings. The van der Waals surface area contributed by atoms with Crippen molar-refractivity contribution in [1.82, 2.24) is 0 Å². The summed E-state index contributed by atoms with van der Waals surface area (Å²) in [5.41, 5.74) is 0. The van der Waals surface area contributed by atoms with Crippen molar-refractivity contribution in [1.29, 1.82) is 0 Å². The second-order valence-electron chi connectivity index (χ2n) is 3.16. The van der Waals surface area contributed by atoms with Gasteiger partial charge in [0.05, 0.1) is 4.90 Å². The van der Waals surface area contributed by atoms with Gasteiger partial charge in [-0.05, 0) is 17.5 Å². The first-order valence-corrected chi connectivity index (χ1v) is 5.76. The molecule has 0 aromatic heterocycles. The van der Waals surface area contributed by atoms with Crippen LogP contribution < -0.4 is 5.14 Å². The topological polar surface area (TPSA) is 80.1 Å². The summed E-state index contributed by atoms with van der Waals surface area (Å²) >= 11 is 0. The Kier molecular flexibility index (Phi) is 2.13. The highest BCUT2D eigenvalue weighted by atomic mass is 32.2. The zero-order valence-electron chi connectivity index (χ0n) is 7.67. The van der Waals surface area contributed by atoms with Crippen molar-refractivity contribution < 1.29 is 13.5 Å². The van der Waals surface area contributed by atoms with Crippen LogP contribution in [0.2, 0.25) is 0 Å². The lowest BCUT2D eigenvalue weighted by Crippen LogP contribution is -2.12. The summed E-state index contributed by atoms with van der Waals surface area (Å²) in [6, 6.07) is 9.13. The van der Waals surface area contributed by atoms with Gasteiger partial charge in [0, 0.05) is 5.39 Å². The van der Waals surface area contributed by atoms with Crippen LogP contribution in [0.3, 0.4) is 0 Å². The molecular weight excluding hydrogens is 214 g/mol. The molecule has 2 aromatic rings. The predicted molar refractivity (Wildman–Crippen MR) is 55.5 cm³/mol. The van der Waals surface area contributed by atoms with E-state index in [1.54, 1.807) is 24.3 Å². The molecule has 0 aliphatic carbocycles. The first-order valence-electron chi connectivity index (χ1n) is 4.22. The fourth-order valence-electron chi connectivity index (χ4n) is 1.51. The summed E-state index contributed by atoms with van der Waals surface area (Å²) in [6.45, 7) is 0. The van der Waals surface area contributed by atoms with E-state index in [9.17, 15) is 13.5 Å². The monoisotopic (exact) mass is 222 g/mol. The molecule has 0 fully saturated rings. The Morgan fingerprint density at radius 2 is 1.60 bits per heavy atom. The maximum absolute atomic E-state index is 11.5. The van der Waals surface area contributed by atoms with Crippen LogP contribution in [0.5, 0.6) is 5.75 Å². The minimum absolute atomic E-state index is 0.120. The molecule has 5 heteroatoms. The molecule has 0 aliphatic heterocycles. The van der Waals surface area contributed by atoms with Gasteiger partial charge in [-0.25, -0.2) is 13.6 Å². The van der Waals surface area contributed by atoms with Crippen molar-refractivity contribution in [2.45, 2.75) is 4.90 Å². The Morgan fingerprint density at radius 3 is 2.20 bits per heavy atom. The fraction of sp³-hybridized carbons (Fsp3) is 0. The molecule has 0 bridgehead atoms. The van der Waals surface area contributed by atoms with Crippen LogP contribution in [0.4, 0.5) is 0 Å². The van der Waals surface area contributed by atoms with E-state index in [-0.39, 0.29) is 16.0 Å². The Balaban J connectivity index is 2.99. The summed E-state index contributed by atoms with van der Waals surface area (Å²) in [6.07, 6.45) is 0. The Hall–Kier alpha value is -1.59. The molecule has 0 saturated heterocycles. The van der Waals surface area contributed by atoms with Crippen LogP contribution in [0.25, 0.3) is 10.8 Å². The van der Waals surface area contributed by atoms with Gasteiger partial charge in [-0.3, -0.25) is 5.11 Å². The van der Waals surface area contributed by atoms with Gasteiger partial charge in [0.15, 0.2) is 5.75 Å². The van der Waals surface area contributed by atoms with Crippen molar-refractivity contribution in [3.8, 4) is 5.75 Å². The van der Waals surface area contributed by atoms with Gasteiger partial charge in [0.1, 0.15) is 0 Å². The normalized spacial score (nSPS) is 11.8. The minimum Gasteiger partial charge on any atom is -0.289 e. The van der Waals surface area contributed by atoms with E-state index >= 15 is 0 Å². The molecule has 77 valence electrons. The second-order valence-corrected chi connectivity index (χ2v) is 4.69. The highest BCUT2D eigenvalue weighted by Crippen LogP contribution is 2.30. The smallest absolute Gasteiger partial charge is 0.238 e. The van der Waals surface area contributed by atoms with Gasteiger partial charge in [-0.15, -0.1) is 0 Å². The Morgan fingerprint density at radius 1 is 1.00 bits per heavy atom. The summed E-state index contributed by atoms with van der Waals surface area (Å²) < 4.78 is 22.5. The molecule has 0 spiro atoms. The number of hydrogen-bond acceptors (Lipinski definition) is 2. The largest absolute Gasteiger partial charge is 0.289 e. The average Bonchev–Trinajstić information content (AvgIpc) is 2.16. The molecule has 1 radical (unpaired) electrons. The zero-order valence-corrected chi connectivity index (χ0v) is 8.49. The van der Waals surface area contributed by atoms with E-state index < -0.39 is 10.0 Å². The number of benzene rings is 2. The third-order valence-corrected chi connectivity index (χ3v) is 3.09. The van der Waals surface area contributed by atoms with Gasteiger partial charge < -0.3 is 0 Å². The van der Waals surface area contributed by atoms with Crippen LogP contribution in [-0.2, 0) is 15.1 Å². The van der Waals surface area contributed by atoms with Crippen LogP contribution in [0, 0.1) is 0 Å². The third-order valence-electron chi connectivity index (χ3n) is 2.13. The molecular formula is C10H8NO3S.